The van der Waals surface area contributed by atoms with E-state index in [-0.39, 0.29) is 18.0 Å². The van der Waals surface area contributed by atoms with E-state index in [1.165, 1.54) is 69.2 Å². The number of benzene rings is 1. The molecule has 1 unspecified atom stereocenters. The largest absolute Gasteiger partial charge is 0.335 e. The minimum absolute atomic E-state index is 0.0902. The molecule has 2 N–H and O–H groups in total. The van der Waals surface area contributed by atoms with Crippen molar-refractivity contribution in [2.24, 2.45) is 11.7 Å². The van der Waals surface area contributed by atoms with Gasteiger partial charge in [-0.3, -0.25) is 9.69 Å². The van der Waals surface area contributed by atoms with Crippen LogP contribution in [0, 0.1) is 5.92 Å². The number of fused-ring (bicyclic) bond motifs is 1. The lowest BCUT2D eigenvalue weighted by Gasteiger charge is -2.49. The molecule has 3 aliphatic rings. The van der Waals surface area contributed by atoms with E-state index in [1.807, 2.05) is 4.90 Å². The number of rotatable bonds is 3. The predicted octanol–water partition coefficient (Wildman–Crippen LogP) is 2.94. The molecule has 1 saturated carbocycles. The van der Waals surface area contributed by atoms with Crippen molar-refractivity contribution in [1.82, 2.24) is 9.80 Å². The highest BCUT2D eigenvalue weighted by Crippen LogP contribution is 2.38. The van der Waals surface area contributed by atoms with Crippen LogP contribution in [0.25, 0.3) is 0 Å². The van der Waals surface area contributed by atoms with E-state index >= 15 is 0 Å². The molecule has 1 spiro atoms. The zero-order valence-electron chi connectivity index (χ0n) is 16.0. The Morgan fingerprint density at radius 1 is 1.12 bits per heavy atom. The molecule has 2 fully saturated rings. The average Bonchev–Trinajstić information content (AvgIpc) is 3.11. The number of carbonyl (C=O) groups is 1. The molecule has 4 heteroatoms. The quantitative estimate of drug-likeness (QED) is 0.907. The highest BCUT2D eigenvalue weighted by atomic mass is 16.2. The van der Waals surface area contributed by atoms with Crippen molar-refractivity contribution in [1.29, 1.82) is 0 Å². The van der Waals surface area contributed by atoms with Crippen LogP contribution in [0.15, 0.2) is 24.3 Å². The van der Waals surface area contributed by atoms with Gasteiger partial charge in [0.05, 0.1) is 6.54 Å². The first-order valence-corrected chi connectivity index (χ1v) is 10.5. The van der Waals surface area contributed by atoms with Crippen LogP contribution in [-0.2, 0) is 17.8 Å². The zero-order chi connectivity index (χ0) is 18.0. The molecule has 1 saturated heterocycles. The second-order valence-corrected chi connectivity index (χ2v) is 8.68. The van der Waals surface area contributed by atoms with E-state index in [0.717, 1.165) is 18.9 Å². The lowest BCUT2D eigenvalue weighted by Crippen LogP contribution is -2.60. The summed E-state index contributed by atoms with van der Waals surface area (Å²) in [5.41, 5.74) is 8.58. The monoisotopic (exact) mass is 355 g/mol. The SMILES string of the molecule is NCC(=O)N1Cc2ccccc2CC2(CCCCN2CC2CCCC2)C1. The number of amides is 1. The second kappa shape index (κ2) is 7.69. The van der Waals surface area contributed by atoms with E-state index in [9.17, 15) is 4.79 Å². The fourth-order valence-electron chi connectivity index (χ4n) is 5.54. The molecule has 4 nitrogen and oxygen atoms in total. The Labute approximate surface area is 157 Å². The maximum Gasteiger partial charge on any atom is 0.236 e. The topological polar surface area (TPSA) is 49.6 Å². The Kier molecular flexibility index (Phi) is 5.32. The van der Waals surface area contributed by atoms with Gasteiger partial charge in [-0.1, -0.05) is 43.5 Å². The molecule has 1 amide bonds. The van der Waals surface area contributed by atoms with Gasteiger partial charge in [0.1, 0.15) is 0 Å². The summed E-state index contributed by atoms with van der Waals surface area (Å²) >= 11 is 0. The molecule has 2 aliphatic heterocycles. The molecule has 0 aromatic heterocycles. The number of nitrogens with zero attached hydrogens (tertiary/aromatic N) is 2. The number of hydrogen-bond acceptors (Lipinski definition) is 3. The molecule has 1 aromatic rings. The van der Waals surface area contributed by atoms with Crippen molar-refractivity contribution in [2.75, 3.05) is 26.2 Å². The van der Waals surface area contributed by atoms with Crippen molar-refractivity contribution in [3.05, 3.63) is 35.4 Å². The number of likely N-dealkylation sites (tertiary alicyclic amines) is 1. The molecule has 1 atom stereocenters. The number of piperidine rings is 1. The van der Waals surface area contributed by atoms with Crippen molar-refractivity contribution in [3.63, 3.8) is 0 Å². The van der Waals surface area contributed by atoms with Crippen molar-refractivity contribution in [3.8, 4) is 0 Å². The van der Waals surface area contributed by atoms with Crippen LogP contribution in [-0.4, -0.2) is 47.4 Å². The fourth-order valence-corrected chi connectivity index (χ4v) is 5.54. The van der Waals surface area contributed by atoms with Gasteiger partial charge in [0.25, 0.3) is 0 Å². The van der Waals surface area contributed by atoms with Crippen molar-refractivity contribution < 1.29 is 4.79 Å². The molecule has 26 heavy (non-hydrogen) atoms. The standard InChI is InChI=1S/C22H33N3O/c23-14-21(26)24-16-20-10-4-3-9-19(20)13-22(17-24)11-5-6-12-25(22)15-18-7-1-2-8-18/h3-4,9-10,18H,1-2,5-8,11-17,23H2. The minimum atomic E-state index is 0.0902. The average molecular weight is 356 g/mol. The van der Waals surface area contributed by atoms with Crippen LogP contribution >= 0.6 is 0 Å². The van der Waals surface area contributed by atoms with Gasteiger partial charge in [-0.25, -0.2) is 0 Å². The van der Waals surface area contributed by atoms with Gasteiger partial charge in [0, 0.05) is 25.2 Å². The molecule has 2 heterocycles. The fraction of sp³-hybridized carbons (Fsp3) is 0.682. The van der Waals surface area contributed by atoms with Crippen LogP contribution in [0.1, 0.15) is 56.1 Å². The van der Waals surface area contributed by atoms with Gasteiger partial charge in [0.2, 0.25) is 5.91 Å². The van der Waals surface area contributed by atoms with Gasteiger partial charge in [-0.05, 0) is 55.7 Å². The smallest absolute Gasteiger partial charge is 0.236 e. The van der Waals surface area contributed by atoms with Crippen LogP contribution in [0.5, 0.6) is 0 Å². The minimum Gasteiger partial charge on any atom is -0.335 e. The lowest BCUT2D eigenvalue weighted by molar-refractivity contribution is -0.133. The highest BCUT2D eigenvalue weighted by molar-refractivity contribution is 5.78. The summed E-state index contributed by atoms with van der Waals surface area (Å²) in [5, 5.41) is 0. The first-order valence-electron chi connectivity index (χ1n) is 10.5. The summed E-state index contributed by atoms with van der Waals surface area (Å²) in [5.74, 6) is 0.939. The summed E-state index contributed by atoms with van der Waals surface area (Å²) in [4.78, 5) is 17.4. The zero-order valence-corrected chi connectivity index (χ0v) is 16.0. The van der Waals surface area contributed by atoms with E-state index in [2.05, 4.69) is 29.2 Å². The lowest BCUT2D eigenvalue weighted by atomic mass is 9.80. The molecular weight excluding hydrogens is 322 g/mol. The third-order valence-corrected chi connectivity index (χ3v) is 6.96. The third kappa shape index (κ3) is 3.54. The van der Waals surface area contributed by atoms with Crippen molar-refractivity contribution >= 4 is 5.91 Å². The third-order valence-electron chi connectivity index (χ3n) is 6.96. The predicted molar refractivity (Wildman–Crippen MR) is 105 cm³/mol. The normalized spacial score (nSPS) is 27.5. The first kappa shape index (κ1) is 18.0. The number of carbonyl (C=O) groups excluding carboxylic acids is 1. The van der Waals surface area contributed by atoms with Crippen LogP contribution in [0.2, 0.25) is 0 Å². The molecule has 4 rings (SSSR count). The van der Waals surface area contributed by atoms with Gasteiger partial charge in [0.15, 0.2) is 0 Å². The Bertz CT molecular complexity index is 640. The van der Waals surface area contributed by atoms with Crippen LogP contribution in [0.3, 0.4) is 0 Å². The summed E-state index contributed by atoms with van der Waals surface area (Å²) < 4.78 is 0. The number of nitrogens with two attached hydrogens (primary N) is 1. The Hall–Kier alpha value is -1.39. The molecule has 142 valence electrons. The maximum atomic E-state index is 12.6. The summed E-state index contributed by atoms with van der Waals surface area (Å²) in [6.45, 7) is 4.06. The first-order chi connectivity index (χ1) is 12.7. The van der Waals surface area contributed by atoms with E-state index in [4.69, 9.17) is 5.73 Å². The summed E-state index contributed by atoms with van der Waals surface area (Å²) in [6, 6.07) is 8.71. The van der Waals surface area contributed by atoms with Gasteiger partial charge in [-0.2, -0.15) is 0 Å². The maximum absolute atomic E-state index is 12.6. The molecule has 0 bridgehead atoms. The summed E-state index contributed by atoms with van der Waals surface area (Å²) in [6.07, 6.45) is 10.4. The molecule has 0 radical (unpaired) electrons. The van der Waals surface area contributed by atoms with Crippen LogP contribution < -0.4 is 5.73 Å². The van der Waals surface area contributed by atoms with E-state index in [1.54, 1.807) is 0 Å². The Morgan fingerprint density at radius 3 is 2.65 bits per heavy atom. The van der Waals surface area contributed by atoms with E-state index < -0.39 is 0 Å². The van der Waals surface area contributed by atoms with Crippen LogP contribution in [0.4, 0.5) is 0 Å². The van der Waals surface area contributed by atoms with E-state index in [0.29, 0.717) is 6.54 Å². The van der Waals surface area contributed by atoms with Crippen molar-refractivity contribution in [2.45, 2.75) is 63.5 Å². The molecule has 1 aliphatic carbocycles. The van der Waals surface area contributed by atoms with Gasteiger partial charge < -0.3 is 10.6 Å². The number of hydrogen-bond donors (Lipinski definition) is 1. The highest BCUT2D eigenvalue weighted by Gasteiger charge is 2.43. The summed E-state index contributed by atoms with van der Waals surface area (Å²) in [7, 11) is 0. The second-order valence-electron chi connectivity index (χ2n) is 8.68. The van der Waals surface area contributed by atoms with Gasteiger partial charge >= 0.3 is 0 Å². The molecule has 1 aromatic carbocycles. The van der Waals surface area contributed by atoms with Gasteiger partial charge in [-0.15, -0.1) is 0 Å². The Balaban J connectivity index is 1.66. The Morgan fingerprint density at radius 2 is 1.88 bits per heavy atom. The molecular formula is C22H33N3O.